The molecular formula is C11H24N2O2. The summed E-state index contributed by atoms with van der Waals surface area (Å²) in [6.07, 6.45) is 2.32. The first-order valence-corrected chi connectivity index (χ1v) is 5.52. The van der Waals surface area contributed by atoms with E-state index < -0.39 is 5.41 Å². The first-order valence-electron chi connectivity index (χ1n) is 5.52. The number of nitrogens with one attached hydrogen (secondary N) is 1. The van der Waals surface area contributed by atoms with Gasteiger partial charge in [0.15, 0.2) is 0 Å². The van der Waals surface area contributed by atoms with Gasteiger partial charge in [0.2, 0.25) is 5.91 Å². The van der Waals surface area contributed by atoms with Crippen LogP contribution in [-0.2, 0) is 9.53 Å². The topological polar surface area (TPSA) is 64.3 Å². The lowest BCUT2D eigenvalue weighted by molar-refractivity contribution is -0.132. The maximum atomic E-state index is 11.3. The molecule has 4 nitrogen and oxygen atoms in total. The minimum absolute atomic E-state index is 0.189. The molecule has 0 rings (SSSR count). The second-order valence-corrected chi connectivity index (χ2v) is 4.77. The summed E-state index contributed by atoms with van der Waals surface area (Å²) in [6, 6.07) is 0. The van der Waals surface area contributed by atoms with Gasteiger partial charge in [-0.2, -0.15) is 0 Å². The van der Waals surface area contributed by atoms with Crippen molar-refractivity contribution in [2.45, 2.75) is 40.5 Å². The van der Waals surface area contributed by atoms with Crippen LogP contribution in [-0.4, -0.2) is 19.1 Å². The molecule has 0 aliphatic rings. The summed E-state index contributed by atoms with van der Waals surface area (Å²) < 4.78 is 5.52. The fraction of sp³-hybridized carbons (Fsp3) is 0.909. The Balaban J connectivity index is 3.79. The average molecular weight is 216 g/mol. The minimum atomic E-state index is -0.555. The summed E-state index contributed by atoms with van der Waals surface area (Å²) >= 11 is 0. The maximum Gasteiger partial charge on any atom is 0.241 e. The second kappa shape index (κ2) is 6.80. The first kappa shape index (κ1) is 14.4. The molecule has 0 saturated carbocycles. The molecule has 0 radical (unpaired) electrons. The van der Waals surface area contributed by atoms with Crippen LogP contribution in [0.25, 0.3) is 0 Å². The third-order valence-corrected chi connectivity index (χ3v) is 2.39. The molecule has 1 amide bonds. The Morgan fingerprint density at radius 2 is 2.13 bits per heavy atom. The lowest BCUT2D eigenvalue weighted by atomic mass is 9.94. The van der Waals surface area contributed by atoms with E-state index in [4.69, 9.17) is 10.6 Å². The van der Waals surface area contributed by atoms with Gasteiger partial charge in [0.05, 0.1) is 12.0 Å². The Bertz CT molecular complexity index is 193. The highest BCUT2D eigenvalue weighted by atomic mass is 16.5. The van der Waals surface area contributed by atoms with Crippen LogP contribution in [0.1, 0.15) is 40.5 Å². The van der Waals surface area contributed by atoms with E-state index >= 15 is 0 Å². The van der Waals surface area contributed by atoms with Gasteiger partial charge in [0, 0.05) is 6.61 Å². The Kier molecular flexibility index (Phi) is 6.52. The zero-order chi connectivity index (χ0) is 11.9. The van der Waals surface area contributed by atoms with Crippen LogP contribution in [0.5, 0.6) is 0 Å². The summed E-state index contributed by atoms with van der Waals surface area (Å²) in [5.74, 6) is 5.44. The minimum Gasteiger partial charge on any atom is -0.380 e. The van der Waals surface area contributed by atoms with Crippen molar-refractivity contribution < 1.29 is 9.53 Å². The number of nitrogens with two attached hydrogens (primary N) is 1. The lowest BCUT2D eigenvalue weighted by Crippen LogP contribution is -2.43. The fourth-order valence-corrected chi connectivity index (χ4v) is 1.35. The van der Waals surface area contributed by atoms with E-state index in [0.29, 0.717) is 19.1 Å². The molecule has 0 heterocycles. The maximum absolute atomic E-state index is 11.3. The number of hydrazine groups is 1. The van der Waals surface area contributed by atoms with Gasteiger partial charge >= 0.3 is 0 Å². The number of carbonyl (C=O) groups is 1. The van der Waals surface area contributed by atoms with Gasteiger partial charge in [-0.25, -0.2) is 5.84 Å². The highest BCUT2D eigenvalue weighted by Gasteiger charge is 2.27. The average Bonchev–Trinajstić information content (AvgIpc) is 2.16. The van der Waals surface area contributed by atoms with Crippen molar-refractivity contribution in [3.63, 3.8) is 0 Å². The zero-order valence-corrected chi connectivity index (χ0v) is 10.3. The molecule has 3 N–H and O–H groups in total. The molecule has 0 aromatic heterocycles. The predicted molar refractivity (Wildman–Crippen MR) is 61.0 cm³/mol. The molecule has 0 aromatic carbocycles. The number of hydrogen-bond acceptors (Lipinski definition) is 3. The SMILES string of the molecule is CCCC(C)COCC(C)(C)C(=O)NN. The summed E-state index contributed by atoms with van der Waals surface area (Å²) in [6.45, 7) is 9.06. The Labute approximate surface area is 92.5 Å². The molecule has 4 heteroatoms. The van der Waals surface area contributed by atoms with Crippen LogP contribution in [0, 0.1) is 11.3 Å². The van der Waals surface area contributed by atoms with Gasteiger partial charge < -0.3 is 4.74 Å². The zero-order valence-electron chi connectivity index (χ0n) is 10.3. The van der Waals surface area contributed by atoms with E-state index in [-0.39, 0.29) is 5.91 Å². The Hall–Kier alpha value is -0.610. The predicted octanol–water partition coefficient (Wildman–Crippen LogP) is 1.46. The molecule has 0 fully saturated rings. The molecule has 0 aliphatic heterocycles. The molecule has 1 unspecified atom stereocenters. The monoisotopic (exact) mass is 216 g/mol. The molecule has 0 aromatic rings. The molecule has 1 atom stereocenters. The summed E-state index contributed by atoms with van der Waals surface area (Å²) in [5.41, 5.74) is 1.59. The van der Waals surface area contributed by atoms with Crippen molar-refractivity contribution >= 4 is 5.91 Å². The molecule has 90 valence electrons. The number of hydrogen-bond donors (Lipinski definition) is 2. The highest BCUT2D eigenvalue weighted by molar-refractivity contribution is 5.81. The molecule has 15 heavy (non-hydrogen) atoms. The van der Waals surface area contributed by atoms with E-state index in [1.165, 1.54) is 0 Å². The molecule has 0 saturated heterocycles. The van der Waals surface area contributed by atoms with Crippen molar-refractivity contribution in [2.75, 3.05) is 13.2 Å². The number of amides is 1. The summed E-state index contributed by atoms with van der Waals surface area (Å²) in [5, 5.41) is 0. The van der Waals surface area contributed by atoms with Gasteiger partial charge in [-0.3, -0.25) is 10.2 Å². The van der Waals surface area contributed by atoms with Gasteiger partial charge in [0.1, 0.15) is 0 Å². The van der Waals surface area contributed by atoms with Gasteiger partial charge in [0.25, 0.3) is 0 Å². The van der Waals surface area contributed by atoms with Crippen molar-refractivity contribution in [1.82, 2.24) is 5.43 Å². The Morgan fingerprint density at radius 1 is 1.53 bits per heavy atom. The van der Waals surface area contributed by atoms with Crippen LogP contribution >= 0.6 is 0 Å². The van der Waals surface area contributed by atoms with Crippen LogP contribution < -0.4 is 11.3 Å². The van der Waals surface area contributed by atoms with E-state index in [0.717, 1.165) is 12.8 Å². The normalized spacial score (nSPS) is 13.7. The number of carbonyl (C=O) groups excluding carboxylic acids is 1. The third-order valence-electron chi connectivity index (χ3n) is 2.39. The number of rotatable bonds is 7. The largest absolute Gasteiger partial charge is 0.380 e. The molecule has 0 aliphatic carbocycles. The van der Waals surface area contributed by atoms with Crippen LogP contribution in [0.3, 0.4) is 0 Å². The smallest absolute Gasteiger partial charge is 0.241 e. The molecule has 0 bridgehead atoms. The van der Waals surface area contributed by atoms with Gasteiger partial charge in [-0.15, -0.1) is 0 Å². The quantitative estimate of drug-likeness (QED) is 0.384. The van der Waals surface area contributed by atoms with Crippen molar-refractivity contribution in [2.24, 2.45) is 17.2 Å². The van der Waals surface area contributed by atoms with E-state index in [9.17, 15) is 4.79 Å². The Morgan fingerprint density at radius 3 is 2.60 bits per heavy atom. The van der Waals surface area contributed by atoms with Crippen molar-refractivity contribution in [3.05, 3.63) is 0 Å². The number of ether oxygens (including phenoxy) is 1. The third kappa shape index (κ3) is 5.74. The summed E-state index contributed by atoms with van der Waals surface area (Å²) in [7, 11) is 0. The fourth-order valence-electron chi connectivity index (χ4n) is 1.35. The van der Waals surface area contributed by atoms with Gasteiger partial charge in [-0.05, 0) is 26.2 Å². The second-order valence-electron chi connectivity index (χ2n) is 4.77. The van der Waals surface area contributed by atoms with Crippen LogP contribution in [0.4, 0.5) is 0 Å². The standard InChI is InChI=1S/C11H24N2O2/c1-5-6-9(2)7-15-8-11(3,4)10(14)13-12/h9H,5-8,12H2,1-4H3,(H,13,14). The summed E-state index contributed by atoms with van der Waals surface area (Å²) in [4.78, 5) is 11.3. The van der Waals surface area contributed by atoms with Crippen molar-refractivity contribution in [1.29, 1.82) is 0 Å². The van der Waals surface area contributed by atoms with Gasteiger partial charge in [-0.1, -0.05) is 20.3 Å². The first-order chi connectivity index (χ1) is 6.94. The lowest BCUT2D eigenvalue weighted by Gasteiger charge is -2.23. The van der Waals surface area contributed by atoms with E-state index in [2.05, 4.69) is 19.3 Å². The van der Waals surface area contributed by atoms with Crippen LogP contribution in [0.15, 0.2) is 0 Å². The molecular weight excluding hydrogens is 192 g/mol. The van der Waals surface area contributed by atoms with Crippen LogP contribution in [0.2, 0.25) is 0 Å². The van der Waals surface area contributed by atoms with Crippen molar-refractivity contribution in [3.8, 4) is 0 Å². The molecule has 0 spiro atoms. The highest BCUT2D eigenvalue weighted by Crippen LogP contribution is 2.16. The van der Waals surface area contributed by atoms with E-state index in [1.807, 2.05) is 13.8 Å². The van der Waals surface area contributed by atoms with E-state index in [1.54, 1.807) is 0 Å².